The Hall–Kier alpha value is -1.53. The van der Waals surface area contributed by atoms with Crippen molar-refractivity contribution in [1.29, 1.82) is 0 Å². The number of fused-ring (bicyclic) bond motifs is 1. The maximum absolute atomic E-state index is 11.3. The van der Waals surface area contributed by atoms with Gasteiger partial charge >= 0.3 is 5.97 Å². The van der Waals surface area contributed by atoms with E-state index in [0.29, 0.717) is 0 Å². The molecule has 6 heteroatoms. The van der Waals surface area contributed by atoms with Crippen molar-refractivity contribution in [3.05, 3.63) is 30.1 Å². The zero-order chi connectivity index (χ0) is 13.6. The smallest absolute Gasteiger partial charge is 0.322 e. The van der Waals surface area contributed by atoms with Crippen LogP contribution in [0, 0.1) is 0 Å². The predicted molar refractivity (Wildman–Crippen MR) is 75.1 cm³/mol. The van der Waals surface area contributed by atoms with Gasteiger partial charge in [0.15, 0.2) is 0 Å². The van der Waals surface area contributed by atoms with Crippen molar-refractivity contribution in [2.24, 2.45) is 0 Å². The van der Waals surface area contributed by atoms with Gasteiger partial charge in [-0.2, -0.15) is 0 Å². The number of nitrogens with zero attached hydrogens (tertiary/aromatic N) is 1. The van der Waals surface area contributed by atoms with Crippen LogP contribution in [0.15, 0.2) is 24.5 Å². The van der Waals surface area contributed by atoms with E-state index in [1.54, 1.807) is 18.0 Å². The van der Waals surface area contributed by atoms with Gasteiger partial charge in [0.2, 0.25) is 0 Å². The van der Waals surface area contributed by atoms with Gasteiger partial charge in [-0.3, -0.25) is 10.1 Å². The number of aromatic nitrogens is 2. The summed E-state index contributed by atoms with van der Waals surface area (Å²) in [5.41, 5.74) is 1.89. The fourth-order valence-corrected chi connectivity index (χ4v) is 3.91. The van der Waals surface area contributed by atoms with Crippen LogP contribution in [0.1, 0.15) is 24.8 Å². The third kappa shape index (κ3) is 2.01. The van der Waals surface area contributed by atoms with Gasteiger partial charge in [0.1, 0.15) is 11.7 Å². The van der Waals surface area contributed by atoms with E-state index in [1.165, 1.54) is 0 Å². The highest BCUT2D eigenvalue weighted by Gasteiger charge is 2.46. The molecule has 100 valence electrons. The lowest BCUT2D eigenvalue weighted by Crippen LogP contribution is -2.43. The van der Waals surface area contributed by atoms with Crippen molar-refractivity contribution < 1.29 is 9.90 Å². The van der Waals surface area contributed by atoms with Gasteiger partial charge in [-0.25, -0.2) is 4.98 Å². The van der Waals surface area contributed by atoms with Crippen LogP contribution in [0.25, 0.3) is 11.0 Å². The predicted octanol–water partition coefficient (Wildman–Crippen LogP) is 2.13. The number of thioether (sulfide) groups is 1. The second kappa shape index (κ2) is 4.25. The summed E-state index contributed by atoms with van der Waals surface area (Å²) < 4.78 is -0.345. The van der Waals surface area contributed by atoms with Gasteiger partial charge in [-0.1, -0.05) is 0 Å². The largest absolute Gasteiger partial charge is 0.480 e. The molecular weight excluding hydrogens is 262 g/mol. The summed E-state index contributed by atoms with van der Waals surface area (Å²) in [6, 6.07) is 3.33. The molecule has 0 amide bonds. The summed E-state index contributed by atoms with van der Waals surface area (Å²) in [6.45, 7) is 3.91. The van der Waals surface area contributed by atoms with Crippen LogP contribution in [-0.4, -0.2) is 31.8 Å². The lowest BCUT2D eigenvalue weighted by atomic mass is 10.0. The minimum Gasteiger partial charge on any atom is -0.480 e. The molecule has 1 aliphatic heterocycles. The molecule has 3 rings (SSSR count). The summed E-state index contributed by atoms with van der Waals surface area (Å²) in [6.07, 6.45) is 3.64. The van der Waals surface area contributed by atoms with E-state index in [0.717, 1.165) is 16.6 Å². The molecule has 0 saturated carbocycles. The van der Waals surface area contributed by atoms with Gasteiger partial charge in [0, 0.05) is 28.1 Å². The Morgan fingerprint density at radius 1 is 1.53 bits per heavy atom. The van der Waals surface area contributed by atoms with E-state index < -0.39 is 12.0 Å². The SMILES string of the molecule is CC1(C)S[C@H](c2c[nH]c3ncccc23)N[C@H]1C(=O)O. The van der Waals surface area contributed by atoms with Crippen molar-refractivity contribution in [3.63, 3.8) is 0 Å². The fraction of sp³-hybridized carbons (Fsp3) is 0.385. The normalized spacial score (nSPS) is 25.8. The Balaban J connectivity index is 1.98. The number of carbonyl (C=O) groups is 1. The molecule has 2 aromatic heterocycles. The van der Waals surface area contributed by atoms with Crippen molar-refractivity contribution >= 4 is 28.8 Å². The topological polar surface area (TPSA) is 78.0 Å². The molecule has 1 fully saturated rings. The van der Waals surface area contributed by atoms with Gasteiger partial charge < -0.3 is 10.1 Å². The van der Waals surface area contributed by atoms with Crippen LogP contribution in [-0.2, 0) is 4.79 Å². The van der Waals surface area contributed by atoms with Crippen LogP contribution in [0.5, 0.6) is 0 Å². The maximum Gasteiger partial charge on any atom is 0.322 e. The quantitative estimate of drug-likeness (QED) is 0.784. The van der Waals surface area contributed by atoms with Crippen LogP contribution in [0.3, 0.4) is 0 Å². The average Bonchev–Trinajstić information content (AvgIpc) is 2.89. The molecule has 2 atom stereocenters. The van der Waals surface area contributed by atoms with Gasteiger partial charge in [-0.15, -0.1) is 11.8 Å². The number of rotatable bonds is 2. The summed E-state index contributed by atoms with van der Waals surface area (Å²) in [5.74, 6) is -0.807. The van der Waals surface area contributed by atoms with E-state index in [2.05, 4.69) is 15.3 Å². The van der Waals surface area contributed by atoms with Crippen molar-refractivity contribution in [2.75, 3.05) is 0 Å². The first-order chi connectivity index (χ1) is 8.99. The van der Waals surface area contributed by atoms with E-state index in [1.807, 2.05) is 32.2 Å². The molecule has 0 unspecified atom stereocenters. The molecule has 3 heterocycles. The summed E-state index contributed by atoms with van der Waals surface area (Å²) in [4.78, 5) is 18.7. The lowest BCUT2D eigenvalue weighted by Gasteiger charge is -2.20. The number of H-pyrrole nitrogens is 1. The summed E-state index contributed by atoms with van der Waals surface area (Å²) in [5, 5.41) is 13.5. The molecule has 0 spiro atoms. The molecule has 0 bridgehead atoms. The Morgan fingerprint density at radius 2 is 2.32 bits per heavy atom. The fourth-order valence-electron chi connectivity index (χ4n) is 2.47. The molecule has 0 aromatic carbocycles. The number of pyridine rings is 1. The van der Waals surface area contributed by atoms with Gasteiger partial charge in [0.05, 0.1) is 5.37 Å². The van der Waals surface area contributed by atoms with Crippen LogP contribution in [0.2, 0.25) is 0 Å². The first-order valence-corrected chi connectivity index (χ1v) is 6.96. The Morgan fingerprint density at radius 3 is 3.00 bits per heavy atom. The molecule has 2 aromatic rings. The zero-order valence-electron chi connectivity index (χ0n) is 10.7. The molecule has 5 nitrogen and oxygen atoms in total. The Bertz CT molecular complexity index is 638. The number of aliphatic carboxylic acids is 1. The molecule has 0 aliphatic carbocycles. The number of nitrogens with one attached hydrogen (secondary N) is 2. The standard InChI is InChI=1S/C13H15N3O2S/c1-13(2)9(12(17)18)16-11(19-13)8-6-15-10-7(8)4-3-5-14-10/h3-6,9,11,16H,1-2H3,(H,14,15)(H,17,18)/t9-,11+/m0/s1. The minimum atomic E-state index is -0.807. The second-order valence-electron chi connectivity index (χ2n) is 5.18. The molecular formula is C13H15N3O2S. The maximum atomic E-state index is 11.3. The highest BCUT2D eigenvalue weighted by molar-refractivity contribution is 8.01. The summed E-state index contributed by atoms with van der Waals surface area (Å²) >= 11 is 1.64. The summed E-state index contributed by atoms with van der Waals surface area (Å²) in [7, 11) is 0. The van der Waals surface area contributed by atoms with Crippen LogP contribution < -0.4 is 5.32 Å². The third-order valence-electron chi connectivity index (χ3n) is 3.45. The van der Waals surface area contributed by atoms with Crippen molar-refractivity contribution in [1.82, 2.24) is 15.3 Å². The zero-order valence-corrected chi connectivity index (χ0v) is 11.5. The Labute approximate surface area is 114 Å². The number of carboxylic acids is 1. The monoisotopic (exact) mass is 277 g/mol. The second-order valence-corrected chi connectivity index (χ2v) is 6.94. The highest BCUT2D eigenvalue weighted by atomic mass is 32.2. The molecule has 1 saturated heterocycles. The third-order valence-corrected chi connectivity index (χ3v) is 4.92. The number of hydrogen-bond acceptors (Lipinski definition) is 4. The van der Waals surface area contributed by atoms with Gasteiger partial charge in [-0.05, 0) is 26.0 Å². The van der Waals surface area contributed by atoms with E-state index in [9.17, 15) is 9.90 Å². The number of aromatic amines is 1. The van der Waals surface area contributed by atoms with Crippen LogP contribution >= 0.6 is 11.8 Å². The van der Waals surface area contributed by atoms with Gasteiger partial charge in [0.25, 0.3) is 0 Å². The molecule has 19 heavy (non-hydrogen) atoms. The van der Waals surface area contributed by atoms with E-state index in [-0.39, 0.29) is 10.1 Å². The van der Waals surface area contributed by atoms with Crippen LogP contribution in [0.4, 0.5) is 0 Å². The van der Waals surface area contributed by atoms with Crippen molar-refractivity contribution in [3.8, 4) is 0 Å². The van der Waals surface area contributed by atoms with E-state index in [4.69, 9.17) is 0 Å². The van der Waals surface area contributed by atoms with E-state index >= 15 is 0 Å². The molecule has 3 N–H and O–H groups in total. The first kappa shape index (κ1) is 12.5. The number of hydrogen-bond donors (Lipinski definition) is 3. The minimum absolute atomic E-state index is 0.0333. The lowest BCUT2D eigenvalue weighted by molar-refractivity contribution is -0.139. The average molecular weight is 277 g/mol. The van der Waals surface area contributed by atoms with Crippen molar-refractivity contribution in [2.45, 2.75) is 30.0 Å². The Kier molecular flexibility index (Phi) is 2.79. The number of carboxylic acid groups (broad SMARTS) is 1. The first-order valence-electron chi connectivity index (χ1n) is 6.08. The highest BCUT2D eigenvalue weighted by Crippen LogP contribution is 2.47. The molecule has 0 radical (unpaired) electrons. The molecule has 1 aliphatic rings.